The van der Waals surface area contributed by atoms with Crippen molar-refractivity contribution in [1.29, 1.82) is 0 Å². The summed E-state index contributed by atoms with van der Waals surface area (Å²) in [7, 11) is 0. The van der Waals surface area contributed by atoms with Crippen molar-refractivity contribution in [2.75, 3.05) is 18.0 Å². The SMILES string of the molecule is CC1(C)C[C@@H]2CN(C(=O)C3CCCC3)CC[C@@H]2N1c1cccc(F)c1. The minimum Gasteiger partial charge on any atom is -0.363 e. The van der Waals surface area contributed by atoms with Crippen LogP contribution in [0.1, 0.15) is 52.4 Å². The van der Waals surface area contributed by atoms with Gasteiger partial charge in [-0.05, 0) is 63.6 Å². The summed E-state index contributed by atoms with van der Waals surface area (Å²) >= 11 is 0. The molecule has 1 amide bonds. The van der Waals surface area contributed by atoms with Crippen LogP contribution in [-0.4, -0.2) is 35.5 Å². The minimum absolute atomic E-state index is 0.00442. The van der Waals surface area contributed by atoms with Crippen LogP contribution in [0.2, 0.25) is 0 Å². The maximum Gasteiger partial charge on any atom is 0.225 e. The second-order valence-corrected chi connectivity index (χ2v) is 8.75. The van der Waals surface area contributed by atoms with Gasteiger partial charge in [-0.25, -0.2) is 4.39 Å². The smallest absolute Gasteiger partial charge is 0.225 e. The van der Waals surface area contributed by atoms with Crippen LogP contribution in [0.3, 0.4) is 0 Å². The highest BCUT2D eigenvalue weighted by molar-refractivity contribution is 5.79. The van der Waals surface area contributed by atoms with Crippen molar-refractivity contribution < 1.29 is 9.18 Å². The fourth-order valence-electron chi connectivity index (χ4n) is 5.55. The Kier molecular flexibility index (Phi) is 4.25. The van der Waals surface area contributed by atoms with Gasteiger partial charge in [0.05, 0.1) is 0 Å². The Hall–Kier alpha value is -1.58. The number of halogens is 1. The molecule has 1 aromatic rings. The normalized spacial score (nSPS) is 29.1. The van der Waals surface area contributed by atoms with Gasteiger partial charge in [0.25, 0.3) is 0 Å². The second-order valence-electron chi connectivity index (χ2n) is 8.75. The van der Waals surface area contributed by atoms with E-state index in [0.29, 0.717) is 17.9 Å². The van der Waals surface area contributed by atoms with Gasteiger partial charge in [0.1, 0.15) is 5.82 Å². The van der Waals surface area contributed by atoms with E-state index in [9.17, 15) is 9.18 Å². The van der Waals surface area contributed by atoms with Crippen LogP contribution in [0.25, 0.3) is 0 Å². The Morgan fingerprint density at radius 3 is 2.68 bits per heavy atom. The molecular formula is C21H29FN2O. The van der Waals surface area contributed by atoms with Gasteiger partial charge in [-0.3, -0.25) is 4.79 Å². The van der Waals surface area contributed by atoms with Crippen molar-refractivity contribution in [3.05, 3.63) is 30.1 Å². The van der Waals surface area contributed by atoms with Crippen LogP contribution < -0.4 is 4.90 Å². The Balaban J connectivity index is 1.52. The number of carbonyl (C=O) groups excluding carboxylic acids is 1. The van der Waals surface area contributed by atoms with Gasteiger partial charge in [0.2, 0.25) is 5.91 Å². The van der Waals surface area contributed by atoms with Crippen LogP contribution in [0, 0.1) is 17.7 Å². The fourth-order valence-corrected chi connectivity index (χ4v) is 5.55. The van der Waals surface area contributed by atoms with Crippen LogP contribution in [0.4, 0.5) is 10.1 Å². The summed E-state index contributed by atoms with van der Waals surface area (Å²) < 4.78 is 13.8. The summed E-state index contributed by atoms with van der Waals surface area (Å²) in [5.41, 5.74) is 0.975. The summed E-state index contributed by atoms with van der Waals surface area (Å²) in [6.45, 7) is 6.21. The Morgan fingerprint density at radius 1 is 1.20 bits per heavy atom. The lowest BCUT2D eigenvalue weighted by Gasteiger charge is -2.42. The monoisotopic (exact) mass is 344 g/mol. The molecule has 0 bridgehead atoms. The highest BCUT2D eigenvalue weighted by Crippen LogP contribution is 2.45. The highest BCUT2D eigenvalue weighted by Gasteiger charge is 2.49. The van der Waals surface area contributed by atoms with Crippen molar-refractivity contribution in [3.63, 3.8) is 0 Å². The zero-order chi connectivity index (χ0) is 17.6. The van der Waals surface area contributed by atoms with E-state index in [-0.39, 0.29) is 17.3 Å². The van der Waals surface area contributed by atoms with E-state index in [4.69, 9.17) is 0 Å². The van der Waals surface area contributed by atoms with Gasteiger partial charge < -0.3 is 9.80 Å². The number of amides is 1. The Labute approximate surface area is 150 Å². The van der Waals surface area contributed by atoms with Crippen molar-refractivity contribution in [3.8, 4) is 0 Å². The number of hydrogen-bond donors (Lipinski definition) is 0. The standard InChI is InChI=1S/C21H29FN2O/c1-21(2)13-16-14-23(20(25)15-6-3-4-7-15)11-10-19(16)24(21)18-9-5-8-17(22)12-18/h5,8-9,12,15-16,19H,3-4,6-7,10-11,13-14H2,1-2H3/t16-,19+/m1/s1. The number of likely N-dealkylation sites (tertiary alicyclic amines) is 1. The first-order valence-electron chi connectivity index (χ1n) is 9.79. The molecule has 136 valence electrons. The first-order chi connectivity index (χ1) is 12.0. The molecule has 3 nitrogen and oxygen atoms in total. The van der Waals surface area contributed by atoms with E-state index in [1.165, 1.54) is 18.9 Å². The van der Waals surface area contributed by atoms with Crippen molar-refractivity contribution >= 4 is 11.6 Å². The Bertz CT molecular complexity index is 653. The summed E-state index contributed by atoms with van der Waals surface area (Å²) in [6, 6.07) is 7.38. The fraction of sp³-hybridized carbons (Fsp3) is 0.667. The number of benzene rings is 1. The molecule has 2 atom stereocenters. The lowest BCUT2D eigenvalue weighted by atomic mass is 9.89. The maximum absolute atomic E-state index is 13.8. The molecule has 3 aliphatic rings. The molecule has 1 saturated carbocycles. The van der Waals surface area contributed by atoms with E-state index in [2.05, 4.69) is 23.6 Å². The van der Waals surface area contributed by atoms with Gasteiger partial charge >= 0.3 is 0 Å². The van der Waals surface area contributed by atoms with Crippen molar-refractivity contribution in [1.82, 2.24) is 4.90 Å². The lowest BCUT2D eigenvalue weighted by Crippen LogP contribution is -2.51. The second kappa shape index (κ2) is 6.30. The van der Waals surface area contributed by atoms with Gasteiger partial charge in [-0.2, -0.15) is 0 Å². The molecule has 2 aliphatic heterocycles. The predicted molar refractivity (Wildman–Crippen MR) is 98.0 cm³/mol. The number of anilines is 1. The van der Waals surface area contributed by atoms with E-state index < -0.39 is 0 Å². The molecule has 0 spiro atoms. The molecule has 0 unspecified atom stereocenters. The molecule has 2 saturated heterocycles. The number of fused-ring (bicyclic) bond motifs is 1. The third-order valence-corrected chi connectivity index (χ3v) is 6.54. The topological polar surface area (TPSA) is 23.6 Å². The molecule has 3 fully saturated rings. The van der Waals surface area contributed by atoms with Gasteiger partial charge in [-0.1, -0.05) is 18.9 Å². The first-order valence-corrected chi connectivity index (χ1v) is 9.79. The highest BCUT2D eigenvalue weighted by atomic mass is 19.1. The number of hydrogen-bond acceptors (Lipinski definition) is 2. The predicted octanol–water partition coefficient (Wildman–Crippen LogP) is 4.22. The molecule has 0 radical (unpaired) electrons. The summed E-state index contributed by atoms with van der Waals surface area (Å²) in [5, 5.41) is 0. The molecule has 0 aromatic heterocycles. The number of piperidine rings is 1. The largest absolute Gasteiger partial charge is 0.363 e. The maximum atomic E-state index is 13.8. The summed E-state index contributed by atoms with van der Waals surface area (Å²) in [6.07, 6.45) is 6.60. The number of rotatable bonds is 2. The van der Waals surface area contributed by atoms with Gasteiger partial charge in [0, 0.05) is 36.3 Å². The molecule has 25 heavy (non-hydrogen) atoms. The van der Waals surface area contributed by atoms with Crippen LogP contribution in [0.15, 0.2) is 24.3 Å². The molecule has 0 N–H and O–H groups in total. The van der Waals surface area contributed by atoms with E-state index in [1.807, 2.05) is 6.07 Å². The summed E-state index contributed by atoms with van der Waals surface area (Å²) in [4.78, 5) is 17.4. The molecular weight excluding hydrogens is 315 g/mol. The zero-order valence-corrected chi connectivity index (χ0v) is 15.4. The molecule has 1 aliphatic carbocycles. The van der Waals surface area contributed by atoms with Crippen LogP contribution in [0.5, 0.6) is 0 Å². The van der Waals surface area contributed by atoms with Crippen molar-refractivity contribution in [2.24, 2.45) is 11.8 Å². The van der Waals surface area contributed by atoms with Crippen LogP contribution >= 0.6 is 0 Å². The third-order valence-electron chi connectivity index (χ3n) is 6.54. The average molecular weight is 344 g/mol. The summed E-state index contributed by atoms with van der Waals surface area (Å²) in [5.74, 6) is 0.964. The molecule has 1 aromatic carbocycles. The van der Waals surface area contributed by atoms with Gasteiger partial charge in [0.15, 0.2) is 0 Å². The van der Waals surface area contributed by atoms with E-state index >= 15 is 0 Å². The first kappa shape index (κ1) is 16.9. The average Bonchev–Trinajstić information content (AvgIpc) is 3.17. The number of nitrogens with zero attached hydrogens (tertiary/aromatic N) is 2. The van der Waals surface area contributed by atoms with E-state index in [1.54, 1.807) is 12.1 Å². The molecule has 4 rings (SSSR count). The van der Waals surface area contributed by atoms with Crippen molar-refractivity contribution in [2.45, 2.75) is 64.0 Å². The minimum atomic E-state index is -0.175. The van der Waals surface area contributed by atoms with Crippen LogP contribution in [-0.2, 0) is 4.79 Å². The number of carbonyl (C=O) groups is 1. The van der Waals surface area contributed by atoms with Gasteiger partial charge in [-0.15, -0.1) is 0 Å². The molecule has 4 heteroatoms. The molecule has 2 heterocycles. The quantitative estimate of drug-likeness (QED) is 0.802. The Morgan fingerprint density at radius 2 is 1.96 bits per heavy atom. The van der Waals surface area contributed by atoms with E-state index in [0.717, 1.165) is 44.5 Å². The lowest BCUT2D eigenvalue weighted by molar-refractivity contribution is -0.137. The third kappa shape index (κ3) is 3.04. The zero-order valence-electron chi connectivity index (χ0n) is 15.4.